The van der Waals surface area contributed by atoms with Crippen LogP contribution >= 0.6 is 0 Å². The average Bonchev–Trinajstić information content (AvgIpc) is 2.76. The van der Waals surface area contributed by atoms with E-state index in [-0.39, 0.29) is 0 Å². The van der Waals surface area contributed by atoms with E-state index in [0.29, 0.717) is 6.10 Å². The topological polar surface area (TPSA) is 42.3 Å². The number of piperidine rings is 1. The zero-order valence-corrected chi connectivity index (χ0v) is 11.4. The Hall–Kier alpha value is -0.910. The highest BCUT2D eigenvalue weighted by Crippen LogP contribution is 2.07. The van der Waals surface area contributed by atoms with Crippen molar-refractivity contribution in [3.8, 4) is 0 Å². The van der Waals surface area contributed by atoms with Crippen LogP contribution in [0.5, 0.6) is 0 Å². The van der Waals surface area contributed by atoms with Gasteiger partial charge in [0.15, 0.2) is 0 Å². The van der Waals surface area contributed by atoms with Gasteiger partial charge in [-0.25, -0.2) is 4.98 Å². The zero-order chi connectivity index (χ0) is 12.8. The minimum Gasteiger partial charge on any atom is -0.377 e. The highest BCUT2D eigenvalue weighted by molar-refractivity contribution is 4.90. The molecular formula is C13H24N4O. The Balaban J connectivity index is 1.62. The summed E-state index contributed by atoms with van der Waals surface area (Å²) >= 11 is 0. The van der Waals surface area contributed by atoms with Gasteiger partial charge in [-0.3, -0.25) is 4.90 Å². The molecule has 0 aromatic carbocycles. The summed E-state index contributed by atoms with van der Waals surface area (Å²) in [6.45, 7) is 4.82. The van der Waals surface area contributed by atoms with Gasteiger partial charge in [-0.2, -0.15) is 0 Å². The summed E-state index contributed by atoms with van der Waals surface area (Å²) in [5.74, 6) is 1.10. The maximum absolute atomic E-state index is 5.89. The summed E-state index contributed by atoms with van der Waals surface area (Å²) in [6, 6.07) is 0. The van der Waals surface area contributed by atoms with E-state index in [9.17, 15) is 0 Å². The van der Waals surface area contributed by atoms with Crippen molar-refractivity contribution in [2.75, 3.05) is 33.3 Å². The number of hydrogen-bond acceptors (Lipinski definition) is 4. The first-order chi connectivity index (χ1) is 8.75. The van der Waals surface area contributed by atoms with Crippen molar-refractivity contribution in [2.24, 2.45) is 7.05 Å². The van der Waals surface area contributed by atoms with Crippen LogP contribution < -0.4 is 5.32 Å². The quantitative estimate of drug-likeness (QED) is 0.806. The van der Waals surface area contributed by atoms with Gasteiger partial charge in [0.2, 0.25) is 0 Å². The van der Waals surface area contributed by atoms with Crippen LogP contribution in [-0.4, -0.2) is 53.8 Å². The fourth-order valence-corrected chi connectivity index (χ4v) is 2.21. The number of ether oxygens (including phenoxy) is 1. The Labute approximate surface area is 109 Å². The lowest BCUT2D eigenvalue weighted by molar-refractivity contribution is 0.0221. The summed E-state index contributed by atoms with van der Waals surface area (Å²) in [6.07, 6.45) is 6.56. The molecule has 0 unspecified atom stereocenters. The third-order valence-corrected chi connectivity index (χ3v) is 3.45. The average molecular weight is 252 g/mol. The lowest BCUT2D eigenvalue weighted by Crippen LogP contribution is -2.34. The Kier molecular flexibility index (Phi) is 5.16. The van der Waals surface area contributed by atoms with E-state index in [1.165, 1.54) is 0 Å². The van der Waals surface area contributed by atoms with Crippen molar-refractivity contribution >= 4 is 0 Å². The SMILES string of the molecule is CN(CCOC1CCNCC1)Cc1nccn1C. The van der Waals surface area contributed by atoms with Crippen LogP contribution in [0.25, 0.3) is 0 Å². The van der Waals surface area contributed by atoms with E-state index in [2.05, 4.69) is 26.8 Å². The number of nitrogens with one attached hydrogen (secondary N) is 1. The van der Waals surface area contributed by atoms with Crippen LogP contribution in [0.3, 0.4) is 0 Å². The monoisotopic (exact) mass is 252 g/mol. The number of likely N-dealkylation sites (N-methyl/N-ethyl adjacent to an activating group) is 1. The molecule has 0 spiro atoms. The molecule has 18 heavy (non-hydrogen) atoms. The number of rotatable bonds is 6. The summed E-state index contributed by atoms with van der Waals surface area (Å²) in [5.41, 5.74) is 0. The highest BCUT2D eigenvalue weighted by atomic mass is 16.5. The largest absolute Gasteiger partial charge is 0.377 e. The molecule has 1 fully saturated rings. The lowest BCUT2D eigenvalue weighted by Gasteiger charge is -2.24. The Morgan fingerprint density at radius 1 is 1.50 bits per heavy atom. The third-order valence-electron chi connectivity index (χ3n) is 3.45. The van der Waals surface area contributed by atoms with Gasteiger partial charge in [0.25, 0.3) is 0 Å². The molecule has 1 N–H and O–H groups in total. The van der Waals surface area contributed by atoms with Crippen molar-refractivity contribution in [3.63, 3.8) is 0 Å². The van der Waals surface area contributed by atoms with Crippen molar-refractivity contribution < 1.29 is 4.74 Å². The van der Waals surface area contributed by atoms with Gasteiger partial charge in [0.05, 0.1) is 19.3 Å². The summed E-state index contributed by atoms with van der Waals surface area (Å²) < 4.78 is 7.95. The van der Waals surface area contributed by atoms with Gasteiger partial charge in [-0.15, -0.1) is 0 Å². The number of aryl methyl sites for hydroxylation is 1. The summed E-state index contributed by atoms with van der Waals surface area (Å²) in [7, 11) is 4.14. The predicted molar refractivity (Wildman–Crippen MR) is 71.4 cm³/mol. The van der Waals surface area contributed by atoms with E-state index in [1.807, 2.05) is 19.4 Å². The van der Waals surface area contributed by atoms with Gasteiger partial charge in [-0.1, -0.05) is 0 Å². The minimum atomic E-state index is 0.452. The van der Waals surface area contributed by atoms with E-state index >= 15 is 0 Å². The van der Waals surface area contributed by atoms with Gasteiger partial charge < -0.3 is 14.6 Å². The fraction of sp³-hybridized carbons (Fsp3) is 0.769. The molecule has 102 valence electrons. The van der Waals surface area contributed by atoms with Crippen LogP contribution in [-0.2, 0) is 18.3 Å². The first kappa shape index (κ1) is 13.5. The molecule has 0 amide bonds. The van der Waals surface area contributed by atoms with Crippen molar-refractivity contribution in [1.29, 1.82) is 0 Å². The lowest BCUT2D eigenvalue weighted by atomic mass is 10.1. The second kappa shape index (κ2) is 6.87. The first-order valence-corrected chi connectivity index (χ1v) is 6.73. The maximum atomic E-state index is 5.89. The van der Waals surface area contributed by atoms with Gasteiger partial charge in [-0.05, 0) is 33.0 Å². The molecule has 0 radical (unpaired) electrons. The molecule has 0 bridgehead atoms. The van der Waals surface area contributed by atoms with E-state index in [1.54, 1.807) is 0 Å². The normalized spacial score (nSPS) is 17.5. The van der Waals surface area contributed by atoms with E-state index in [4.69, 9.17) is 4.74 Å². The molecule has 1 aromatic rings. The molecule has 1 aromatic heterocycles. The number of hydrogen-bond donors (Lipinski definition) is 1. The molecule has 1 saturated heterocycles. The number of nitrogens with zero attached hydrogens (tertiary/aromatic N) is 3. The first-order valence-electron chi connectivity index (χ1n) is 6.73. The molecule has 0 aliphatic carbocycles. The van der Waals surface area contributed by atoms with Crippen molar-refractivity contribution in [3.05, 3.63) is 18.2 Å². The standard InChI is InChI=1S/C13H24N4O/c1-16(11-13-15-7-8-17(13)2)9-10-18-12-3-5-14-6-4-12/h7-8,12,14H,3-6,9-11H2,1-2H3. The van der Waals surface area contributed by atoms with Crippen LogP contribution in [0.4, 0.5) is 0 Å². The van der Waals surface area contributed by atoms with Gasteiger partial charge >= 0.3 is 0 Å². The molecule has 5 heteroatoms. The third kappa shape index (κ3) is 4.08. The van der Waals surface area contributed by atoms with Crippen molar-refractivity contribution in [1.82, 2.24) is 19.8 Å². The highest BCUT2D eigenvalue weighted by Gasteiger charge is 2.13. The van der Waals surface area contributed by atoms with Gasteiger partial charge in [0.1, 0.15) is 5.82 Å². The smallest absolute Gasteiger partial charge is 0.122 e. The Bertz CT molecular complexity index is 347. The van der Waals surface area contributed by atoms with Crippen molar-refractivity contribution in [2.45, 2.75) is 25.5 Å². The van der Waals surface area contributed by atoms with Crippen LogP contribution in [0.15, 0.2) is 12.4 Å². The molecule has 1 aliphatic heterocycles. The van der Waals surface area contributed by atoms with E-state index in [0.717, 1.165) is 51.5 Å². The second-order valence-corrected chi connectivity index (χ2v) is 5.01. The molecule has 2 heterocycles. The maximum Gasteiger partial charge on any atom is 0.122 e. The van der Waals surface area contributed by atoms with Crippen LogP contribution in [0.2, 0.25) is 0 Å². The van der Waals surface area contributed by atoms with Crippen LogP contribution in [0.1, 0.15) is 18.7 Å². The summed E-state index contributed by atoms with van der Waals surface area (Å²) in [4.78, 5) is 6.58. The molecule has 0 saturated carbocycles. The Morgan fingerprint density at radius 2 is 2.28 bits per heavy atom. The number of aromatic nitrogens is 2. The zero-order valence-electron chi connectivity index (χ0n) is 11.4. The minimum absolute atomic E-state index is 0.452. The molecular weight excluding hydrogens is 228 g/mol. The fourth-order valence-electron chi connectivity index (χ4n) is 2.21. The second-order valence-electron chi connectivity index (χ2n) is 5.01. The molecule has 2 rings (SSSR count). The predicted octanol–water partition coefficient (Wildman–Crippen LogP) is 0.620. The van der Waals surface area contributed by atoms with Crippen LogP contribution in [0, 0.1) is 0 Å². The Morgan fingerprint density at radius 3 is 2.94 bits per heavy atom. The van der Waals surface area contributed by atoms with E-state index < -0.39 is 0 Å². The van der Waals surface area contributed by atoms with Gasteiger partial charge in [0, 0.05) is 26.0 Å². The molecule has 1 aliphatic rings. The molecule has 5 nitrogen and oxygen atoms in total. The molecule has 0 atom stereocenters. The number of imidazole rings is 1. The summed E-state index contributed by atoms with van der Waals surface area (Å²) in [5, 5.41) is 3.35.